The van der Waals surface area contributed by atoms with Gasteiger partial charge in [-0.3, -0.25) is 4.79 Å². The normalized spacial score (nSPS) is 24.6. The van der Waals surface area contributed by atoms with Gasteiger partial charge in [-0.1, -0.05) is 0 Å². The summed E-state index contributed by atoms with van der Waals surface area (Å²) < 4.78 is 1.99. The van der Waals surface area contributed by atoms with Gasteiger partial charge in [0.25, 0.3) is 0 Å². The molecule has 2 heterocycles. The highest BCUT2D eigenvalue weighted by molar-refractivity contribution is 5.85. The fourth-order valence-corrected chi connectivity index (χ4v) is 2.29. The molecule has 1 fully saturated rings. The molecule has 2 N–H and O–H groups in total. The van der Waals surface area contributed by atoms with Crippen molar-refractivity contribution in [3.8, 4) is 0 Å². The summed E-state index contributed by atoms with van der Waals surface area (Å²) in [7, 11) is 1.98. The summed E-state index contributed by atoms with van der Waals surface area (Å²) in [4.78, 5) is 12.1. The van der Waals surface area contributed by atoms with E-state index >= 15 is 0 Å². The van der Waals surface area contributed by atoms with E-state index in [0.717, 1.165) is 24.9 Å². The lowest BCUT2D eigenvalue weighted by Crippen LogP contribution is -2.56. The number of aromatic nitrogens is 1. The third kappa shape index (κ3) is 2.88. The third-order valence-corrected chi connectivity index (χ3v) is 3.47. The molecule has 1 unspecified atom stereocenters. The Morgan fingerprint density at radius 1 is 1.59 bits per heavy atom. The van der Waals surface area contributed by atoms with E-state index in [1.54, 1.807) is 0 Å². The third-order valence-electron chi connectivity index (χ3n) is 3.47. The number of rotatable bonds is 3. The Kier molecular flexibility index (Phi) is 3.52. The molecule has 1 aliphatic rings. The molecule has 4 heteroatoms. The molecule has 0 spiro atoms. The molecule has 1 atom stereocenters. The Morgan fingerprint density at radius 3 is 3.00 bits per heavy atom. The predicted molar refractivity (Wildman–Crippen MR) is 67.5 cm³/mol. The van der Waals surface area contributed by atoms with E-state index in [4.69, 9.17) is 0 Å². The molecule has 1 saturated heterocycles. The fourth-order valence-electron chi connectivity index (χ4n) is 2.29. The Morgan fingerprint density at radius 2 is 2.41 bits per heavy atom. The van der Waals surface area contributed by atoms with Gasteiger partial charge in [-0.05, 0) is 44.4 Å². The van der Waals surface area contributed by atoms with E-state index in [1.165, 1.54) is 6.42 Å². The average molecular weight is 235 g/mol. The summed E-state index contributed by atoms with van der Waals surface area (Å²) in [6.07, 6.45) is 7.23. The molecule has 4 nitrogen and oxygen atoms in total. The summed E-state index contributed by atoms with van der Waals surface area (Å²) >= 11 is 0. The van der Waals surface area contributed by atoms with Crippen molar-refractivity contribution in [3.63, 3.8) is 0 Å². The maximum absolute atomic E-state index is 12.1. The van der Waals surface area contributed by atoms with Gasteiger partial charge >= 0.3 is 0 Å². The first-order chi connectivity index (χ1) is 8.10. The first kappa shape index (κ1) is 12.2. The highest BCUT2D eigenvalue weighted by Gasteiger charge is 2.33. The van der Waals surface area contributed by atoms with E-state index in [2.05, 4.69) is 10.6 Å². The molecular weight excluding hydrogens is 214 g/mol. The van der Waals surface area contributed by atoms with Gasteiger partial charge in [-0.2, -0.15) is 0 Å². The molecule has 2 rings (SSSR count). The molecule has 0 saturated carbocycles. The van der Waals surface area contributed by atoms with Crippen molar-refractivity contribution in [1.82, 2.24) is 15.2 Å². The monoisotopic (exact) mass is 235 g/mol. The van der Waals surface area contributed by atoms with E-state index < -0.39 is 0 Å². The second-order valence-electron chi connectivity index (χ2n) is 5.08. The van der Waals surface area contributed by atoms with Crippen LogP contribution >= 0.6 is 0 Å². The number of nitrogens with zero attached hydrogens (tertiary/aromatic N) is 1. The molecular formula is C13H21N3O. The summed E-state index contributed by atoms with van der Waals surface area (Å²) in [5, 5.41) is 6.33. The minimum atomic E-state index is -0.382. The van der Waals surface area contributed by atoms with Crippen molar-refractivity contribution in [2.24, 2.45) is 7.05 Å². The van der Waals surface area contributed by atoms with E-state index in [0.29, 0.717) is 6.54 Å². The molecule has 0 radical (unpaired) electrons. The molecule has 94 valence electrons. The predicted octanol–water partition coefficient (Wildman–Crippen LogP) is 1.17. The van der Waals surface area contributed by atoms with Crippen LogP contribution in [0.1, 0.15) is 31.7 Å². The lowest BCUT2D eigenvalue weighted by molar-refractivity contribution is -0.128. The number of carbonyl (C=O) groups excluding carboxylic acids is 1. The van der Waals surface area contributed by atoms with Gasteiger partial charge in [0.05, 0.1) is 5.54 Å². The first-order valence-electron chi connectivity index (χ1n) is 6.24. The van der Waals surface area contributed by atoms with Gasteiger partial charge in [-0.15, -0.1) is 0 Å². The maximum atomic E-state index is 12.1. The summed E-state index contributed by atoms with van der Waals surface area (Å²) in [6.45, 7) is 3.54. The van der Waals surface area contributed by atoms with E-state index in [9.17, 15) is 4.79 Å². The summed E-state index contributed by atoms with van der Waals surface area (Å²) in [5.74, 6) is 0.112. The van der Waals surface area contributed by atoms with E-state index in [1.807, 2.05) is 37.0 Å². The van der Waals surface area contributed by atoms with Crippen molar-refractivity contribution in [3.05, 3.63) is 24.0 Å². The standard InChI is InChI=1S/C13H21N3O/c1-13(6-3-4-7-15-13)12(17)14-9-11-5-8-16(2)10-11/h5,8,10,15H,3-4,6-7,9H2,1-2H3,(H,14,17). The van der Waals surface area contributed by atoms with Crippen LogP contribution < -0.4 is 10.6 Å². The zero-order chi connectivity index (χ0) is 12.3. The van der Waals surface area contributed by atoms with Crippen molar-refractivity contribution in [1.29, 1.82) is 0 Å². The number of amides is 1. The number of hydrogen-bond acceptors (Lipinski definition) is 2. The van der Waals surface area contributed by atoms with Crippen LogP contribution in [0, 0.1) is 0 Å². The Hall–Kier alpha value is -1.29. The average Bonchev–Trinajstić information content (AvgIpc) is 2.73. The number of aryl methyl sites for hydroxylation is 1. The van der Waals surface area contributed by atoms with Crippen LogP contribution in [0.2, 0.25) is 0 Å². The number of piperidine rings is 1. The molecule has 0 aromatic carbocycles. The summed E-state index contributed by atoms with van der Waals surface area (Å²) in [5.41, 5.74) is 0.757. The number of carbonyl (C=O) groups is 1. The Bertz CT molecular complexity index is 391. The number of nitrogens with one attached hydrogen (secondary N) is 2. The van der Waals surface area contributed by atoms with Crippen LogP contribution in [-0.2, 0) is 18.4 Å². The minimum absolute atomic E-state index is 0.112. The molecule has 17 heavy (non-hydrogen) atoms. The van der Waals surface area contributed by atoms with Gasteiger partial charge in [0.1, 0.15) is 0 Å². The lowest BCUT2D eigenvalue weighted by atomic mass is 9.90. The second kappa shape index (κ2) is 4.92. The molecule has 1 aromatic rings. The first-order valence-corrected chi connectivity index (χ1v) is 6.24. The molecule has 0 aliphatic carbocycles. The van der Waals surface area contributed by atoms with Crippen LogP contribution in [-0.4, -0.2) is 22.6 Å². The van der Waals surface area contributed by atoms with Crippen molar-refractivity contribution in [2.75, 3.05) is 6.54 Å². The van der Waals surface area contributed by atoms with Crippen LogP contribution in [0.3, 0.4) is 0 Å². The Balaban J connectivity index is 1.88. The molecule has 1 aliphatic heterocycles. The van der Waals surface area contributed by atoms with Crippen LogP contribution in [0.5, 0.6) is 0 Å². The zero-order valence-corrected chi connectivity index (χ0v) is 10.6. The molecule has 1 amide bonds. The van der Waals surface area contributed by atoms with Crippen molar-refractivity contribution in [2.45, 2.75) is 38.3 Å². The second-order valence-corrected chi connectivity index (χ2v) is 5.08. The minimum Gasteiger partial charge on any atom is -0.357 e. The molecule has 0 bridgehead atoms. The van der Waals surface area contributed by atoms with Gasteiger partial charge in [0, 0.05) is 26.0 Å². The maximum Gasteiger partial charge on any atom is 0.240 e. The smallest absolute Gasteiger partial charge is 0.240 e. The van der Waals surface area contributed by atoms with Crippen LogP contribution in [0.4, 0.5) is 0 Å². The van der Waals surface area contributed by atoms with E-state index in [-0.39, 0.29) is 11.4 Å². The quantitative estimate of drug-likeness (QED) is 0.826. The highest BCUT2D eigenvalue weighted by atomic mass is 16.2. The highest BCUT2D eigenvalue weighted by Crippen LogP contribution is 2.18. The summed E-state index contributed by atoms with van der Waals surface area (Å²) in [6, 6.07) is 2.02. The topological polar surface area (TPSA) is 46.1 Å². The SMILES string of the molecule is Cn1ccc(CNC(=O)C2(C)CCCCN2)c1. The van der Waals surface area contributed by atoms with Crippen molar-refractivity contribution < 1.29 is 4.79 Å². The van der Waals surface area contributed by atoms with Gasteiger partial charge in [-0.25, -0.2) is 0 Å². The molecule has 1 aromatic heterocycles. The van der Waals surface area contributed by atoms with Crippen molar-refractivity contribution >= 4 is 5.91 Å². The largest absolute Gasteiger partial charge is 0.357 e. The lowest BCUT2D eigenvalue weighted by Gasteiger charge is -2.33. The number of hydrogen-bond donors (Lipinski definition) is 2. The van der Waals surface area contributed by atoms with Crippen LogP contribution in [0.25, 0.3) is 0 Å². The van der Waals surface area contributed by atoms with Gasteiger partial charge < -0.3 is 15.2 Å². The van der Waals surface area contributed by atoms with Gasteiger partial charge in [0.15, 0.2) is 0 Å². The Labute approximate surface area is 102 Å². The fraction of sp³-hybridized carbons (Fsp3) is 0.615. The van der Waals surface area contributed by atoms with Crippen LogP contribution in [0.15, 0.2) is 18.5 Å². The zero-order valence-electron chi connectivity index (χ0n) is 10.6. The van der Waals surface area contributed by atoms with Gasteiger partial charge in [0.2, 0.25) is 5.91 Å².